The fourth-order valence-electron chi connectivity index (χ4n) is 2.97. The number of hydrogen-bond donors (Lipinski definition) is 1. The molecule has 22 heavy (non-hydrogen) atoms. The van der Waals surface area contributed by atoms with E-state index >= 15 is 0 Å². The number of halogens is 1. The van der Waals surface area contributed by atoms with Crippen LogP contribution in [-0.4, -0.2) is 20.1 Å². The van der Waals surface area contributed by atoms with E-state index in [2.05, 4.69) is 20.1 Å². The second-order valence-corrected chi connectivity index (χ2v) is 5.66. The maximum absolute atomic E-state index is 13.8. The van der Waals surface area contributed by atoms with Crippen LogP contribution in [-0.2, 0) is 5.54 Å². The molecule has 2 N–H and O–H groups in total. The maximum Gasteiger partial charge on any atom is 0.260 e. The molecule has 0 unspecified atom stereocenters. The molecular weight excluding hydrogens is 285 g/mol. The highest BCUT2D eigenvalue weighted by Gasteiger charge is 2.36. The summed E-state index contributed by atoms with van der Waals surface area (Å²) >= 11 is 0. The van der Waals surface area contributed by atoms with Gasteiger partial charge in [-0.1, -0.05) is 18.0 Å². The number of nitrogens with two attached hydrogens (primary N) is 1. The predicted octanol–water partition coefficient (Wildman–Crippen LogP) is 2.55. The monoisotopic (exact) mass is 299 g/mol. The van der Waals surface area contributed by atoms with E-state index in [1.54, 1.807) is 6.20 Å². The summed E-state index contributed by atoms with van der Waals surface area (Å²) in [6.45, 7) is 0. The summed E-state index contributed by atoms with van der Waals surface area (Å²) < 4.78 is 19.1. The molecule has 6 nitrogen and oxygen atoms in total. The first-order chi connectivity index (χ1) is 10.7. The zero-order valence-electron chi connectivity index (χ0n) is 11.8. The van der Waals surface area contributed by atoms with Crippen molar-refractivity contribution in [1.29, 1.82) is 0 Å². The average molecular weight is 299 g/mol. The molecule has 1 aromatic carbocycles. The molecule has 2 heterocycles. The second-order valence-electron chi connectivity index (χ2n) is 5.66. The van der Waals surface area contributed by atoms with Gasteiger partial charge in [-0.15, -0.1) is 0 Å². The van der Waals surface area contributed by atoms with Gasteiger partial charge in [0.05, 0.1) is 16.6 Å². The summed E-state index contributed by atoms with van der Waals surface area (Å²) in [4.78, 5) is 12.7. The van der Waals surface area contributed by atoms with Crippen LogP contribution in [0.2, 0.25) is 0 Å². The van der Waals surface area contributed by atoms with Crippen molar-refractivity contribution in [3.05, 3.63) is 36.2 Å². The van der Waals surface area contributed by atoms with Gasteiger partial charge in [0, 0.05) is 18.5 Å². The first kappa shape index (κ1) is 13.3. The lowest BCUT2D eigenvalue weighted by atomic mass is 9.98. The van der Waals surface area contributed by atoms with E-state index in [-0.39, 0.29) is 5.89 Å². The first-order valence-corrected chi connectivity index (χ1v) is 7.19. The number of benzene rings is 1. The second kappa shape index (κ2) is 4.81. The summed E-state index contributed by atoms with van der Waals surface area (Å²) in [6.07, 6.45) is 6.81. The lowest BCUT2D eigenvalue weighted by Gasteiger charge is -2.17. The van der Waals surface area contributed by atoms with Crippen molar-refractivity contribution in [2.75, 3.05) is 0 Å². The molecule has 7 heteroatoms. The molecule has 0 spiro atoms. The summed E-state index contributed by atoms with van der Waals surface area (Å²) in [5.74, 6) is 0.268. The average Bonchev–Trinajstić information content (AvgIpc) is 3.16. The Morgan fingerprint density at radius 3 is 2.73 bits per heavy atom. The molecule has 1 fully saturated rings. The number of nitrogens with zero attached hydrogens (tertiary/aromatic N) is 4. The third-order valence-corrected chi connectivity index (χ3v) is 4.14. The fourth-order valence-corrected chi connectivity index (χ4v) is 2.97. The largest absolute Gasteiger partial charge is 0.334 e. The normalized spacial score (nSPS) is 17.2. The van der Waals surface area contributed by atoms with Crippen LogP contribution < -0.4 is 5.73 Å². The van der Waals surface area contributed by atoms with Crippen LogP contribution in [0.15, 0.2) is 29.0 Å². The molecule has 0 atom stereocenters. The highest BCUT2D eigenvalue weighted by molar-refractivity contribution is 5.88. The quantitative estimate of drug-likeness (QED) is 0.782. The van der Waals surface area contributed by atoms with Crippen LogP contribution >= 0.6 is 0 Å². The molecule has 2 aromatic heterocycles. The Hall–Kier alpha value is -2.41. The van der Waals surface area contributed by atoms with Crippen molar-refractivity contribution in [1.82, 2.24) is 20.1 Å². The van der Waals surface area contributed by atoms with E-state index in [1.807, 2.05) is 0 Å². The van der Waals surface area contributed by atoms with Gasteiger partial charge >= 0.3 is 0 Å². The Kier molecular flexibility index (Phi) is 2.90. The molecule has 4 rings (SSSR count). The van der Waals surface area contributed by atoms with E-state index in [1.165, 1.54) is 18.3 Å². The lowest BCUT2D eigenvalue weighted by Crippen LogP contribution is -2.34. The Morgan fingerprint density at radius 1 is 1.14 bits per heavy atom. The molecule has 1 aliphatic rings. The van der Waals surface area contributed by atoms with Gasteiger partial charge in [0.15, 0.2) is 5.82 Å². The molecule has 0 saturated heterocycles. The Labute approximate surface area is 125 Å². The van der Waals surface area contributed by atoms with E-state index in [0.717, 1.165) is 25.7 Å². The van der Waals surface area contributed by atoms with Crippen LogP contribution in [0.1, 0.15) is 31.5 Å². The highest BCUT2D eigenvalue weighted by atomic mass is 19.1. The van der Waals surface area contributed by atoms with Crippen LogP contribution in [0.25, 0.3) is 22.5 Å². The molecule has 0 aliphatic heterocycles. The van der Waals surface area contributed by atoms with Crippen LogP contribution in [0, 0.1) is 5.82 Å². The predicted molar refractivity (Wildman–Crippen MR) is 77.1 cm³/mol. The van der Waals surface area contributed by atoms with Gasteiger partial charge in [-0.25, -0.2) is 4.39 Å². The van der Waals surface area contributed by atoms with Gasteiger partial charge in [-0.2, -0.15) is 4.98 Å². The molecule has 112 valence electrons. The minimum atomic E-state index is -0.545. The SMILES string of the molecule is NC1(c2noc(-c3cc(F)cc4nccnc34)n2)CCCC1. The summed E-state index contributed by atoms with van der Waals surface area (Å²) in [5, 5.41) is 4.00. The van der Waals surface area contributed by atoms with E-state index in [9.17, 15) is 4.39 Å². The minimum Gasteiger partial charge on any atom is -0.334 e. The smallest absolute Gasteiger partial charge is 0.260 e. The third kappa shape index (κ3) is 2.05. The van der Waals surface area contributed by atoms with Gasteiger partial charge in [-0.05, 0) is 18.9 Å². The first-order valence-electron chi connectivity index (χ1n) is 7.19. The molecule has 0 amide bonds. The van der Waals surface area contributed by atoms with Crippen molar-refractivity contribution < 1.29 is 8.91 Å². The van der Waals surface area contributed by atoms with Crippen molar-refractivity contribution in [2.45, 2.75) is 31.2 Å². The standard InChI is InChI=1S/C15H14FN5O/c16-9-7-10(12-11(8-9)18-5-6-19-12)13-20-14(21-22-13)15(17)3-1-2-4-15/h5-8H,1-4,17H2. The van der Waals surface area contributed by atoms with Gasteiger partial charge in [0.2, 0.25) is 0 Å². The number of aromatic nitrogens is 4. The summed E-state index contributed by atoms with van der Waals surface area (Å²) in [6, 6.07) is 2.65. The molecule has 0 radical (unpaired) electrons. The fraction of sp³-hybridized carbons (Fsp3) is 0.333. The maximum atomic E-state index is 13.8. The van der Waals surface area contributed by atoms with Crippen molar-refractivity contribution in [2.24, 2.45) is 5.73 Å². The Balaban J connectivity index is 1.84. The molecule has 1 saturated carbocycles. The lowest BCUT2D eigenvalue weighted by molar-refractivity contribution is 0.372. The van der Waals surface area contributed by atoms with Gasteiger partial charge < -0.3 is 10.3 Å². The molecule has 3 aromatic rings. The zero-order chi connectivity index (χ0) is 15.2. The summed E-state index contributed by atoms with van der Waals surface area (Å²) in [7, 11) is 0. The van der Waals surface area contributed by atoms with Crippen LogP contribution in [0.4, 0.5) is 4.39 Å². The topological polar surface area (TPSA) is 90.7 Å². The summed E-state index contributed by atoms with van der Waals surface area (Å²) in [5.41, 5.74) is 7.19. The zero-order valence-corrected chi connectivity index (χ0v) is 11.8. The van der Waals surface area contributed by atoms with Crippen molar-refractivity contribution >= 4 is 11.0 Å². The molecular formula is C15H14FN5O. The van der Waals surface area contributed by atoms with E-state index in [4.69, 9.17) is 10.3 Å². The van der Waals surface area contributed by atoms with Crippen LogP contribution in [0.3, 0.4) is 0 Å². The van der Waals surface area contributed by atoms with Gasteiger partial charge in [-0.3, -0.25) is 9.97 Å². The Bertz CT molecular complexity index is 841. The van der Waals surface area contributed by atoms with Gasteiger partial charge in [0.25, 0.3) is 5.89 Å². The van der Waals surface area contributed by atoms with E-state index < -0.39 is 11.4 Å². The number of rotatable bonds is 2. The van der Waals surface area contributed by atoms with Crippen molar-refractivity contribution in [3.8, 4) is 11.5 Å². The highest BCUT2D eigenvalue weighted by Crippen LogP contribution is 2.36. The Morgan fingerprint density at radius 2 is 1.91 bits per heavy atom. The van der Waals surface area contributed by atoms with Crippen molar-refractivity contribution in [3.63, 3.8) is 0 Å². The van der Waals surface area contributed by atoms with E-state index in [0.29, 0.717) is 22.4 Å². The minimum absolute atomic E-state index is 0.219. The third-order valence-electron chi connectivity index (χ3n) is 4.14. The molecule has 1 aliphatic carbocycles. The van der Waals surface area contributed by atoms with Gasteiger partial charge in [0.1, 0.15) is 11.3 Å². The molecule has 0 bridgehead atoms. The number of fused-ring (bicyclic) bond motifs is 1. The van der Waals surface area contributed by atoms with Crippen LogP contribution in [0.5, 0.6) is 0 Å². The number of hydrogen-bond acceptors (Lipinski definition) is 6.